The van der Waals surface area contributed by atoms with Gasteiger partial charge in [0, 0.05) is 0 Å². The summed E-state index contributed by atoms with van der Waals surface area (Å²) in [5.41, 5.74) is 3.99. The molecule has 0 aliphatic carbocycles. The van der Waals surface area contributed by atoms with Crippen molar-refractivity contribution in [2.75, 3.05) is 20.3 Å². The normalized spacial score (nSPS) is 16.2. The summed E-state index contributed by atoms with van der Waals surface area (Å²) in [5, 5.41) is 4.07. The van der Waals surface area contributed by atoms with Crippen molar-refractivity contribution in [2.45, 2.75) is 19.6 Å². The van der Waals surface area contributed by atoms with E-state index in [-0.39, 0.29) is 6.10 Å². The lowest BCUT2D eigenvalue weighted by molar-refractivity contribution is 0.0731. The summed E-state index contributed by atoms with van der Waals surface area (Å²) in [4.78, 5) is 0. The smallest absolute Gasteiger partial charge is 0.235 e. The first-order chi connectivity index (χ1) is 8.79. The average molecular weight is 250 g/mol. The Bertz CT molecular complexity index is 403. The fourth-order valence-corrected chi connectivity index (χ4v) is 1.59. The van der Waals surface area contributed by atoms with Crippen LogP contribution in [0.25, 0.3) is 0 Å². The Balaban J connectivity index is 1.84. The largest absolute Gasteiger partial charge is 0.497 e. The molecule has 1 aromatic rings. The van der Waals surface area contributed by atoms with Crippen LogP contribution in [0.2, 0.25) is 0 Å². The lowest BCUT2D eigenvalue weighted by atomic mass is 10.2. The number of hydrazone groups is 1. The van der Waals surface area contributed by atoms with Crippen molar-refractivity contribution in [3.05, 3.63) is 29.8 Å². The molecule has 1 atom stereocenters. The van der Waals surface area contributed by atoms with Gasteiger partial charge in [0.15, 0.2) is 0 Å². The summed E-state index contributed by atoms with van der Waals surface area (Å²) in [5.74, 6) is 1.45. The van der Waals surface area contributed by atoms with Crippen LogP contribution in [0.3, 0.4) is 0 Å². The van der Waals surface area contributed by atoms with Gasteiger partial charge in [-0.05, 0) is 24.6 Å². The second-order valence-corrected chi connectivity index (χ2v) is 4.01. The third-order valence-corrected chi connectivity index (χ3v) is 2.66. The maximum atomic E-state index is 5.70. The number of nitrogens with one attached hydrogen (secondary N) is 1. The van der Waals surface area contributed by atoms with Crippen molar-refractivity contribution >= 4 is 5.90 Å². The van der Waals surface area contributed by atoms with E-state index in [2.05, 4.69) is 10.5 Å². The van der Waals surface area contributed by atoms with Crippen molar-refractivity contribution in [1.29, 1.82) is 0 Å². The Labute approximate surface area is 107 Å². The van der Waals surface area contributed by atoms with Crippen molar-refractivity contribution < 1.29 is 14.2 Å². The summed E-state index contributed by atoms with van der Waals surface area (Å²) in [6.07, 6.45) is -0.153. The van der Waals surface area contributed by atoms with E-state index in [9.17, 15) is 0 Å². The first-order valence-electron chi connectivity index (χ1n) is 5.97. The Morgan fingerprint density at radius 3 is 2.78 bits per heavy atom. The van der Waals surface area contributed by atoms with E-state index in [1.165, 1.54) is 0 Å². The zero-order valence-corrected chi connectivity index (χ0v) is 10.7. The molecule has 1 aliphatic rings. The van der Waals surface area contributed by atoms with Gasteiger partial charge in [0.2, 0.25) is 5.90 Å². The second-order valence-electron chi connectivity index (χ2n) is 4.01. The minimum Gasteiger partial charge on any atom is -0.497 e. The van der Waals surface area contributed by atoms with Gasteiger partial charge in [-0.1, -0.05) is 12.1 Å². The molecule has 0 aromatic heterocycles. The van der Waals surface area contributed by atoms with E-state index in [4.69, 9.17) is 14.2 Å². The zero-order valence-electron chi connectivity index (χ0n) is 10.7. The van der Waals surface area contributed by atoms with Crippen LogP contribution in [0.15, 0.2) is 29.4 Å². The molecule has 0 amide bonds. The van der Waals surface area contributed by atoms with Crippen LogP contribution in [0.4, 0.5) is 0 Å². The molecule has 5 heteroatoms. The van der Waals surface area contributed by atoms with Crippen LogP contribution in [0.5, 0.6) is 5.75 Å². The highest BCUT2D eigenvalue weighted by molar-refractivity contribution is 5.80. The fourth-order valence-electron chi connectivity index (χ4n) is 1.59. The van der Waals surface area contributed by atoms with Gasteiger partial charge < -0.3 is 19.6 Å². The number of methoxy groups -OCH3 is 1. The van der Waals surface area contributed by atoms with Gasteiger partial charge in [-0.3, -0.25) is 0 Å². The Hall–Kier alpha value is -1.75. The number of hydrogen-bond donors (Lipinski definition) is 1. The van der Waals surface area contributed by atoms with Gasteiger partial charge >= 0.3 is 0 Å². The topological polar surface area (TPSA) is 52.1 Å². The average Bonchev–Trinajstić information content (AvgIpc) is 2.46. The number of benzene rings is 1. The summed E-state index contributed by atoms with van der Waals surface area (Å²) in [7, 11) is 1.65. The van der Waals surface area contributed by atoms with Crippen molar-refractivity contribution in [2.24, 2.45) is 5.10 Å². The van der Waals surface area contributed by atoms with Crippen LogP contribution in [-0.2, 0) is 16.1 Å². The minimum atomic E-state index is -0.153. The molecule has 1 aliphatic heterocycles. The number of nitrogens with zero attached hydrogens (tertiary/aromatic N) is 1. The standard InChI is InChI=1S/C13H18N2O3/c1-10(13-15-14-7-8-17-13)18-9-11-3-5-12(16-2)6-4-11/h3-6,10,14H,7-9H2,1-2H3. The molecule has 5 nitrogen and oxygen atoms in total. The third kappa shape index (κ3) is 3.37. The van der Waals surface area contributed by atoms with Gasteiger partial charge in [0.25, 0.3) is 0 Å². The van der Waals surface area contributed by atoms with Gasteiger partial charge in [-0.25, -0.2) is 0 Å². The highest BCUT2D eigenvalue weighted by Gasteiger charge is 2.15. The molecule has 0 saturated heterocycles. The summed E-state index contributed by atoms with van der Waals surface area (Å²) >= 11 is 0. The SMILES string of the molecule is COc1ccc(COC(C)C2=NNCCO2)cc1. The first-order valence-corrected chi connectivity index (χ1v) is 5.97. The first kappa shape index (κ1) is 12.7. The molecule has 1 heterocycles. The third-order valence-electron chi connectivity index (χ3n) is 2.66. The van der Waals surface area contributed by atoms with Gasteiger partial charge in [0.05, 0.1) is 20.3 Å². The van der Waals surface area contributed by atoms with Crippen molar-refractivity contribution in [3.63, 3.8) is 0 Å². The van der Waals surface area contributed by atoms with Crippen LogP contribution in [-0.4, -0.2) is 32.3 Å². The quantitative estimate of drug-likeness (QED) is 0.861. The second kappa shape index (κ2) is 6.26. The van der Waals surface area contributed by atoms with Crippen LogP contribution in [0, 0.1) is 0 Å². The maximum absolute atomic E-state index is 5.70. The predicted octanol–water partition coefficient (Wildman–Crippen LogP) is 1.53. The molecule has 0 saturated carbocycles. The highest BCUT2D eigenvalue weighted by atomic mass is 16.5. The summed E-state index contributed by atoms with van der Waals surface area (Å²) < 4.78 is 16.2. The van der Waals surface area contributed by atoms with E-state index in [0.717, 1.165) is 17.9 Å². The molecule has 98 valence electrons. The zero-order chi connectivity index (χ0) is 12.8. The predicted molar refractivity (Wildman–Crippen MR) is 68.6 cm³/mol. The van der Waals surface area contributed by atoms with Gasteiger partial charge in [-0.2, -0.15) is 0 Å². The molecular formula is C13H18N2O3. The van der Waals surface area contributed by atoms with Crippen LogP contribution >= 0.6 is 0 Å². The Kier molecular flexibility index (Phi) is 4.41. The molecular weight excluding hydrogens is 232 g/mol. The monoisotopic (exact) mass is 250 g/mol. The lowest BCUT2D eigenvalue weighted by Crippen LogP contribution is -2.33. The van der Waals surface area contributed by atoms with Crippen molar-refractivity contribution in [1.82, 2.24) is 5.43 Å². The summed E-state index contributed by atoms with van der Waals surface area (Å²) in [6, 6.07) is 7.79. The van der Waals surface area contributed by atoms with Gasteiger partial charge in [-0.15, -0.1) is 5.10 Å². The maximum Gasteiger partial charge on any atom is 0.235 e. The van der Waals surface area contributed by atoms with E-state index < -0.39 is 0 Å². The lowest BCUT2D eigenvalue weighted by Gasteiger charge is -2.20. The molecule has 0 spiro atoms. The number of hydrogen-bond acceptors (Lipinski definition) is 5. The molecule has 1 aromatic carbocycles. The van der Waals surface area contributed by atoms with E-state index >= 15 is 0 Å². The molecule has 0 fully saturated rings. The molecule has 1 unspecified atom stereocenters. The van der Waals surface area contributed by atoms with E-state index in [0.29, 0.717) is 19.1 Å². The molecule has 18 heavy (non-hydrogen) atoms. The van der Waals surface area contributed by atoms with Gasteiger partial charge in [0.1, 0.15) is 18.5 Å². The fraction of sp³-hybridized carbons (Fsp3) is 0.462. The Morgan fingerprint density at radius 2 is 2.17 bits per heavy atom. The molecule has 0 radical (unpaired) electrons. The minimum absolute atomic E-state index is 0.153. The summed E-state index contributed by atoms with van der Waals surface area (Å²) in [6.45, 7) is 3.83. The number of ether oxygens (including phenoxy) is 3. The van der Waals surface area contributed by atoms with Crippen molar-refractivity contribution in [3.8, 4) is 5.75 Å². The number of rotatable bonds is 5. The van der Waals surface area contributed by atoms with Crippen LogP contribution in [0.1, 0.15) is 12.5 Å². The Morgan fingerprint density at radius 1 is 1.39 bits per heavy atom. The van der Waals surface area contributed by atoms with Crippen LogP contribution < -0.4 is 10.2 Å². The molecule has 2 rings (SSSR count). The van der Waals surface area contributed by atoms with E-state index in [1.807, 2.05) is 31.2 Å². The highest BCUT2D eigenvalue weighted by Crippen LogP contribution is 2.13. The molecule has 0 bridgehead atoms. The van der Waals surface area contributed by atoms with E-state index in [1.54, 1.807) is 7.11 Å². The molecule has 1 N–H and O–H groups in total.